The maximum atomic E-state index is 11.5. The molecule has 7 heavy (non-hydrogen) atoms. The fourth-order valence-corrected chi connectivity index (χ4v) is 0.702. The Kier molecular flexibility index (Phi) is 1.06. The second-order valence-corrected chi connectivity index (χ2v) is 2.21. The van der Waals surface area contributed by atoms with Crippen molar-refractivity contribution < 1.29 is 8.63 Å². The molecule has 2 unspecified atom stereocenters. The van der Waals surface area contributed by atoms with Crippen LogP contribution in [0.3, 0.4) is 0 Å². The summed E-state index contributed by atoms with van der Waals surface area (Å²) in [4.78, 5) is 0. The Morgan fingerprint density at radius 3 is 2.00 bits per heavy atom. The summed E-state index contributed by atoms with van der Waals surface area (Å²) in [5, 5.41) is 0. The van der Waals surface area contributed by atoms with Gasteiger partial charge in [0.15, 0.2) is 0 Å². The van der Waals surface area contributed by atoms with Gasteiger partial charge in [-0.2, -0.15) is 0 Å². The normalized spacial score (nSPS) is 38.1. The summed E-state index contributed by atoms with van der Waals surface area (Å²) in [5.41, 5.74) is 0. The van der Waals surface area contributed by atoms with Crippen LogP contribution in [0.15, 0.2) is 0 Å². The maximum absolute atomic E-state index is 11.5. The Labute approximate surface area is 42.1 Å². The summed E-state index contributed by atoms with van der Waals surface area (Å²) in [6.07, 6.45) is 0.734. The summed E-state index contributed by atoms with van der Waals surface area (Å²) in [6.45, 7) is 1.86. The predicted molar refractivity (Wildman–Crippen MR) is 25.5 cm³/mol. The molecule has 0 saturated heterocycles. The minimum atomic E-state index is -2.06. The summed E-state index contributed by atoms with van der Waals surface area (Å²) in [6, 6.07) is 0. The highest BCUT2D eigenvalue weighted by Gasteiger charge is 2.44. The molecule has 0 heterocycles. The molecule has 1 rings (SSSR count). The van der Waals surface area contributed by atoms with E-state index in [0.717, 1.165) is 6.42 Å². The van der Waals surface area contributed by atoms with Crippen LogP contribution in [0.5, 0.6) is 0 Å². The average Bonchev–Trinajstić information content (AvgIpc) is 2.17. The van der Waals surface area contributed by atoms with E-state index in [1.165, 1.54) is 0 Å². The van der Waals surface area contributed by atoms with Crippen molar-refractivity contribution in [1.29, 1.82) is 0 Å². The van der Waals surface area contributed by atoms with Crippen LogP contribution < -0.4 is 0 Å². The molecule has 0 aromatic rings. The molecule has 1 aliphatic carbocycles. The van der Waals surface area contributed by atoms with Gasteiger partial charge in [-0.15, -0.1) is 0 Å². The van der Waals surface area contributed by atoms with Gasteiger partial charge in [0, 0.05) is 5.82 Å². The first-order chi connectivity index (χ1) is 3.22. The van der Waals surface area contributed by atoms with Crippen LogP contribution in [-0.2, 0) is 0 Å². The van der Waals surface area contributed by atoms with Crippen molar-refractivity contribution in [3.63, 3.8) is 0 Å². The van der Waals surface area contributed by atoms with E-state index in [9.17, 15) is 8.63 Å². The van der Waals surface area contributed by atoms with Crippen LogP contribution in [-0.4, -0.2) is 7.27 Å². The molecule has 0 aromatic heterocycles. The molecule has 0 aromatic carbocycles. The summed E-state index contributed by atoms with van der Waals surface area (Å²) >= 11 is 0. The molecule has 0 bridgehead atoms. The minimum Gasteiger partial charge on any atom is -0.287 e. The highest BCUT2D eigenvalue weighted by atomic mass is 19.2. The van der Waals surface area contributed by atoms with Gasteiger partial charge >= 0.3 is 7.27 Å². The van der Waals surface area contributed by atoms with Crippen molar-refractivity contribution in [3.8, 4) is 0 Å². The van der Waals surface area contributed by atoms with E-state index >= 15 is 0 Å². The second-order valence-electron chi connectivity index (χ2n) is 2.21. The molecule has 0 N–H and O–H groups in total. The molecule has 2 atom stereocenters. The molecule has 0 radical (unpaired) electrons. The molecule has 3 heteroatoms. The van der Waals surface area contributed by atoms with Gasteiger partial charge in [-0.3, -0.25) is 8.63 Å². The highest BCUT2D eigenvalue weighted by Crippen LogP contribution is 2.47. The molecule has 0 spiro atoms. The van der Waals surface area contributed by atoms with Crippen LogP contribution in [0.25, 0.3) is 0 Å². The molecule has 0 aliphatic heterocycles. The van der Waals surface area contributed by atoms with E-state index in [4.69, 9.17) is 0 Å². The van der Waals surface area contributed by atoms with Crippen LogP contribution in [0.4, 0.5) is 8.63 Å². The second kappa shape index (κ2) is 1.46. The number of hydrogen-bond donors (Lipinski definition) is 0. The summed E-state index contributed by atoms with van der Waals surface area (Å²) < 4.78 is 22.9. The van der Waals surface area contributed by atoms with E-state index in [1.807, 2.05) is 6.92 Å². The van der Waals surface area contributed by atoms with Crippen LogP contribution >= 0.6 is 0 Å². The topological polar surface area (TPSA) is 0 Å². The Morgan fingerprint density at radius 1 is 1.57 bits per heavy atom. The van der Waals surface area contributed by atoms with E-state index < -0.39 is 7.27 Å². The smallest absolute Gasteiger partial charge is 0.287 e. The standard InChI is InChI=1S/C4H7BF2/c1-3-2-4(3)5(6)7/h3-4H,2H2,1H3. The lowest BCUT2D eigenvalue weighted by Crippen LogP contribution is -1.94. The van der Waals surface area contributed by atoms with Gasteiger partial charge in [0.2, 0.25) is 0 Å². The number of rotatable bonds is 1. The molecule has 1 aliphatic rings. The third-order valence-electron chi connectivity index (χ3n) is 1.50. The summed E-state index contributed by atoms with van der Waals surface area (Å²) in [7, 11) is -2.06. The largest absolute Gasteiger partial charge is 0.541 e. The number of halogens is 2. The van der Waals surface area contributed by atoms with Crippen LogP contribution in [0.1, 0.15) is 13.3 Å². The first-order valence-corrected chi connectivity index (χ1v) is 2.50. The van der Waals surface area contributed by atoms with E-state index in [0.29, 0.717) is 5.92 Å². The third kappa shape index (κ3) is 0.927. The SMILES string of the molecule is CC1CC1B(F)F. The van der Waals surface area contributed by atoms with E-state index in [2.05, 4.69) is 0 Å². The first-order valence-electron chi connectivity index (χ1n) is 2.50. The Balaban J connectivity index is 2.20. The van der Waals surface area contributed by atoms with Gasteiger partial charge in [-0.05, 0) is 12.3 Å². The van der Waals surface area contributed by atoms with Gasteiger partial charge in [0.1, 0.15) is 0 Å². The zero-order valence-corrected chi connectivity index (χ0v) is 4.20. The zero-order chi connectivity index (χ0) is 5.44. The van der Waals surface area contributed by atoms with Crippen molar-refractivity contribution in [2.24, 2.45) is 5.92 Å². The lowest BCUT2D eigenvalue weighted by atomic mass is 9.89. The van der Waals surface area contributed by atoms with Crippen molar-refractivity contribution in [2.75, 3.05) is 0 Å². The van der Waals surface area contributed by atoms with Crippen molar-refractivity contribution >= 4 is 7.27 Å². The van der Waals surface area contributed by atoms with Crippen molar-refractivity contribution in [2.45, 2.75) is 19.2 Å². The molecule has 40 valence electrons. The average molecular weight is 104 g/mol. The zero-order valence-electron chi connectivity index (χ0n) is 4.20. The van der Waals surface area contributed by atoms with Gasteiger partial charge in [-0.25, -0.2) is 0 Å². The van der Waals surface area contributed by atoms with E-state index in [-0.39, 0.29) is 5.82 Å². The maximum Gasteiger partial charge on any atom is 0.541 e. The molecule has 1 fully saturated rings. The fourth-order valence-electron chi connectivity index (χ4n) is 0.702. The molecule has 0 amide bonds. The molecule has 0 nitrogen and oxygen atoms in total. The summed E-state index contributed by atoms with van der Waals surface area (Å²) in [5.74, 6) is 0.0278. The Morgan fingerprint density at radius 2 is 2.00 bits per heavy atom. The van der Waals surface area contributed by atoms with E-state index in [1.54, 1.807) is 0 Å². The van der Waals surface area contributed by atoms with Crippen molar-refractivity contribution in [1.82, 2.24) is 0 Å². The molecule has 1 saturated carbocycles. The van der Waals surface area contributed by atoms with Gasteiger partial charge in [-0.1, -0.05) is 6.92 Å². The van der Waals surface area contributed by atoms with Crippen LogP contribution in [0.2, 0.25) is 5.82 Å². The van der Waals surface area contributed by atoms with Crippen molar-refractivity contribution in [3.05, 3.63) is 0 Å². The van der Waals surface area contributed by atoms with Crippen LogP contribution in [0, 0.1) is 5.92 Å². The lowest BCUT2D eigenvalue weighted by Gasteiger charge is -1.81. The quantitative estimate of drug-likeness (QED) is 0.445. The fraction of sp³-hybridized carbons (Fsp3) is 1.00. The Bertz CT molecular complexity index is 74.1. The lowest BCUT2D eigenvalue weighted by molar-refractivity contribution is 0.643. The number of hydrogen-bond acceptors (Lipinski definition) is 0. The van der Waals surface area contributed by atoms with Gasteiger partial charge < -0.3 is 0 Å². The first kappa shape index (κ1) is 5.07. The minimum absolute atomic E-state index is 0.264. The molecular formula is C4H7BF2. The van der Waals surface area contributed by atoms with Gasteiger partial charge in [0.25, 0.3) is 0 Å². The Hall–Kier alpha value is -0.0751. The highest BCUT2D eigenvalue weighted by molar-refractivity contribution is 6.46. The molecular weight excluding hydrogens is 96.9 g/mol. The van der Waals surface area contributed by atoms with Gasteiger partial charge in [0.05, 0.1) is 0 Å². The third-order valence-corrected chi connectivity index (χ3v) is 1.50. The predicted octanol–water partition coefficient (Wildman–Crippen LogP) is 1.82. The monoisotopic (exact) mass is 104 g/mol.